The number of benzene rings is 2. The zero-order valence-corrected chi connectivity index (χ0v) is 17.0. The summed E-state index contributed by atoms with van der Waals surface area (Å²) in [6.45, 7) is 4.96. The van der Waals surface area contributed by atoms with Gasteiger partial charge in [0.25, 0.3) is 0 Å². The molecule has 0 bridgehead atoms. The summed E-state index contributed by atoms with van der Waals surface area (Å²) in [6, 6.07) is 12.9. The number of ketones is 1. The quantitative estimate of drug-likeness (QED) is 0.724. The Bertz CT molecular complexity index is 920. The van der Waals surface area contributed by atoms with Gasteiger partial charge in [0, 0.05) is 13.6 Å². The molecule has 1 saturated heterocycles. The molecule has 146 valence electrons. The Morgan fingerprint density at radius 1 is 1.25 bits per heavy atom. The third kappa shape index (κ3) is 4.64. The highest BCUT2D eigenvalue weighted by Gasteiger charge is 2.35. The average molecular weight is 397 g/mol. The minimum absolute atomic E-state index is 0.00347. The van der Waals surface area contributed by atoms with Crippen LogP contribution in [0.4, 0.5) is 0 Å². The van der Waals surface area contributed by atoms with E-state index >= 15 is 0 Å². The Morgan fingerprint density at radius 2 is 2.00 bits per heavy atom. The van der Waals surface area contributed by atoms with Gasteiger partial charge in [0.1, 0.15) is 6.04 Å². The van der Waals surface area contributed by atoms with Crippen molar-refractivity contribution in [3.05, 3.63) is 64.1 Å². The van der Waals surface area contributed by atoms with Crippen LogP contribution in [0.5, 0.6) is 11.5 Å². The first-order valence-corrected chi connectivity index (χ1v) is 9.98. The minimum atomic E-state index is -0.439. The van der Waals surface area contributed by atoms with Crippen LogP contribution in [0.15, 0.2) is 52.4 Å². The summed E-state index contributed by atoms with van der Waals surface area (Å²) in [4.78, 5) is 17.8. The molecule has 1 atom stereocenters. The summed E-state index contributed by atoms with van der Waals surface area (Å²) < 4.78 is 5.42. The maximum absolute atomic E-state index is 12.9. The van der Waals surface area contributed by atoms with E-state index in [1.54, 1.807) is 25.2 Å². The van der Waals surface area contributed by atoms with Crippen molar-refractivity contribution in [3.8, 4) is 11.5 Å². The summed E-state index contributed by atoms with van der Waals surface area (Å²) >= 11 is 1.38. The number of carbonyl (C=O) groups excluding carboxylic acids is 1. The second-order valence-electron chi connectivity index (χ2n) is 6.50. The van der Waals surface area contributed by atoms with Crippen LogP contribution in [0.2, 0.25) is 0 Å². The van der Waals surface area contributed by atoms with E-state index in [0.29, 0.717) is 23.8 Å². The van der Waals surface area contributed by atoms with Gasteiger partial charge in [0.2, 0.25) is 0 Å². The molecule has 1 aliphatic heterocycles. The predicted octanol–water partition coefficient (Wildman–Crippen LogP) is 3.94. The van der Waals surface area contributed by atoms with E-state index in [1.165, 1.54) is 17.3 Å². The molecular weight excluding hydrogens is 372 g/mol. The summed E-state index contributed by atoms with van der Waals surface area (Å²) in [5, 5.41) is 13.9. The van der Waals surface area contributed by atoms with Gasteiger partial charge in [-0.15, -0.1) is 0 Å². The highest BCUT2D eigenvalue weighted by molar-refractivity contribution is 8.19. The monoisotopic (exact) mass is 396 g/mol. The number of nitrogens with zero attached hydrogens (tertiary/aromatic N) is 1. The maximum atomic E-state index is 12.9. The summed E-state index contributed by atoms with van der Waals surface area (Å²) in [6.07, 6.45) is 1.81. The van der Waals surface area contributed by atoms with Gasteiger partial charge in [0.15, 0.2) is 17.3 Å². The Labute approximate surface area is 169 Å². The second-order valence-corrected chi connectivity index (χ2v) is 7.56. The molecule has 3 rings (SSSR count). The summed E-state index contributed by atoms with van der Waals surface area (Å²) in [7, 11) is 1.70. The van der Waals surface area contributed by atoms with E-state index in [0.717, 1.165) is 16.2 Å². The van der Waals surface area contributed by atoms with Crippen LogP contribution in [0.1, 0.15) is 23.6 Å². The number of nitrogens with one attached hydrogen (secondary N) is 1. The van der Waals surface area contributed by atoms with Crippen molar-refractivity contribution in [1.29, 1.82) is 0 Å². The van der Waals surface area contributed by atoms with Crippen molar-refractivity contribution < 1.29 is 14.6 Å². The largest absolute Gasteiger partial charge is 0.504 e. The number of carbonyl (C=O) groups is 1. The lowest BCUT2D eigenvalue weighted by Gasteiger charge is -2.11. The molecule has 0 spiro atoms. The Kier molecular flexibility index (Phi) is 6.54. The van der Waals surface area contributed by atoms with Crippen molar-refractivity contribution in [2.45, 2.75) is 26.4 Å². The smallest absolute Gasteiger partial charge is 0.193 e. The molecule has 1 heterocycles. The topological polar surface area (TPSA) is 70.9 Å². The molecular formula is C22H24N2O3S. The van der Waals surface area contributed by atoms with Gasteiger partial charge in [-0.2, -0.15) is 0 Å². The normalized spacial score (nSPS) is 19.5. The predicted molar refractivity (Wildman–Crippen MR) is 115 cm³/mol. The van der Waals surface area contributed by atoms with E-state index < -0.39 is 6.04 Å². The SMILES string of the molecule is CCOc1cc(C=C2SC(=NC)C(NCc3ccc(C)cc3)C2=O)ccc1O. The third-order valence-electron chi connectivity index (χ3n) is 4.40. The number of phenolic OH excluding ortho intramolecular Hbond substituents is 1. The van der Waals surface area contributed by atoms with Crippen molar-refractivity contribution in [2.24, 2.45) is 4.99 Å². The van der Waals surface area contributed by atoms with Crippen molar-refractivity contribution in [2.75, 3.05) is 13.7 Å². The Balaban J connectivity index is 1.77. The number of ether oxygens (including phenoxy) is 1. The van der Waals surface area contributed by atoms with E-state index in [9.17, 15) is 9.90 Å². The first kappa shape index (κ1) is 20.2. The zero-order chi connectivity index (χ0) is 20.1. The van der Waals surface area contributed by atoms with Crippen LogP contribution < -0.4 is 10.1 Å². The van der Waals surface area contributed by atoms with E-state index in [1.807, 2.05) is 19.9 Å². The molecule has 0 radical (unpaired) electrons. The maximum Gasteiger partial charge on any atom is 0.193 e. The number of hydrogen-bond donors (Lipinski definition) is 2. The number of rotatable bonds is 6. The Morgan fingerprint density at radius 3 is 2.68 bits per heavy atom. The molecule has 28 heavy (non-hydrogen) atoms. The van der Waals surface area contributed by atoms with Gasteiger partial charge in [-0.1, -0.05) is 47.7 Å². The second kappa shape index (κ2) is 9.08. The lowest BCUT2D eigenvalue weighted by atomic mass is 10.1. The van der Waals surface area contributed by atoms with E-state index in [4.69, 9.17) is 4.74 Å². The number of thioether (sulfide) groups is 1. The van der Waals surface area contributed by atoms with Gasteiger partial charge < -0.3 is 9.84 Å². The van der Waals surface area contributed by atoms with Gasteiger partial charge in [-0.25, -0.2) is 0 Å². The number of Topliss-reactive ketones (excluding diaryl/α,β-unsaturated/α-hetero) is 1. The highest BCUT2D eigenvalue weighted by Crippen LogP contribution is 2.34. The van der Waals surface area contributed by atoms with Gasteiger partial charge in [-0.05, 0) is 43.2 Å². The van der Waals surface area contributed by atoms with Crippen molar-refractivity contribution in [3.63, 3.8) is 0 Å². The Hall–Kier alpha value is -2.57. The fourth-order valence-electron chi connectivity index (χ4n) is 2.90. The molecule has 0 aromatic heterocycles. The fourth-order valence-corrected chi connectivity index (χ4v) is 3.94. The van der Waals surface area contributed by atoms with Crippen LogP contribution >= 0.6 is 11.8 Å². The molecule has 0 saturated carbocycles. The van der Waals surface area contributed by atoms with Gasteiger partial charge >= 0.3 is 0 Å². The fraction of sp³-hybridized carbons (Fsp3) is 0.273. The van der Waals surface area contributed by atoms with Crippen LogP contribution in [0, 0.1) is 6.92 Å². The van der Waals surface area contributed by atoms with E-state index in [-0.39, 0.29) is 11.5 Å². The summed E-state index contributed by atoms with van der Waals surface area (Å²) in [5.41, 5.74) is 3.13. The molecule has 5 nitrogen and oxygen atoms in total. The number of aliphatic imine (C=N–C) groups is 1. The molecule has 0 amide bonds. The highest BCUT2D eigenvalue weighted by atomic mass is 32.2. The van der Waals surface area contributed by atoms with Crippen LogP contribution in [0.25, 0.3) is 6.08 Å². The average Bonchev–Trinajstić information content (AvgIpc) is 2.99. The third-order valence-corrected chi connectivity index (χ3v) is 5.57. The lowest BCUT2D eigenvalue weighted by Crippen LogP contribution is -2.37. The molecule has 1 aliphatic rings. The number of aromatic hydroxyl groups is 1. The molecule has 2 aromatic rings. The molecule has 1 fully saturated rings. The molecule has 6 heteroatoms. The first-order valence-electron chi connectivity index (χ1n) is 9.17. The first-order chi connectivity index (χ1) is 13.5. The summed E-state index contributed by atoms with van der Waals surface area (Å²) in [5.74, 6) is 0.498. The zero-order valence-electron chi connectivity index (χ0n) is 16.2. The van der Waals surface area contributed by atoms with Gasteiger partial charge in [0.05, 0.1) is 16.6 Å². The molecule has 2 aromatic carbocycles. The molecule has 1 unspecified atom stereocenters. The minimum Gasteiger partial charge on any atom is -0.504 e. The number of phenols is 1. The van der Waals surface area contributed by atoms with Gasteiger partial charge in [-0.3, -0.25) is 15.1 Å². The van der Waals surface area contributed by atoms with Crippen molar-refractivity contribution >= 4 is 28.7 Å². The van der Waals surface area contributed by atoms with E-state index in [2.05, 4.69) is 34.6 Å². The van der Waals surface area contributed by atoms with Crippen LogP contribution in [0.3, 0.4) is 0 Å². The standard InChI is InChI=1S/C22H24N2O3S/c1-4-27-18-11-16(9-10-17(18)25)12-19-21(26)20(22(23-3)28-19)24-13-15-7-5-14(2)6-8-15/h5-12,20,24-25H,4,13H2,1-3H3. The molecule has 0 aliphatic carbocycles. The van der Waals surface area contributed by atoms with Crippen molar-refractivity contribution in [1.82, 2.24) is 5.32 Å². The van der Waals surface area contributed by atoms with Crippen LogP contribution in [-0.2, 0) is 11.3 Å². The number of hydrogen-bond acceptors (Lipinski definition) is 6. The van der Waals surface area contributed by atoms with Crippen LogP contribution in [-0.4, -0.2) is 35.6 Å². The molecule has 2 N–H and O–H groups in total. The number of aryl methyl sites for hydroxylation is 1. The lowest BCUT2D eigenvalue weighted by molar-refractivity contribution is -0.115.